The Morgan fingerprint density at radius 1 is 1.20 bits per heavy atom. The van der Waals surface area contributed by atoms with Gasteiger partial charge >= 0.3 is 0 Å². The van der Waals surface area contributed by atoms with E-state index >= 15 is 0 Å². The Labute approximate surface area is 132 Å². The smallest absolute Gasteiger partial charge is 0.258 e. The average molecular weight is 403 g/mol. The highest BCUT2D eigenvalue weighted by Gasteiger charge is 2.15. The van der Waals surface area contributed by atoms with Crippen molar-refractivity contribution in [3.63, 3.8) is 0 Å². The molecule has 0 unspecified atom stereocenters. The summed E-state index contributed by atoms with van der Waals surface area (Å²) >= 11 is 6.37. The minimum Gasteiger partial charge on any atom is -0.497 e. The maximum Gasteiger partial charge on any atom is 0.258 e. The van der Waals surface area contributed by atoms with E-state index in [0.29, 0.717) is 15.9 Å². The summed E-state index contributed by atoms with van der Waals surface area (Å²) in [5.41, 5.74) is 0.475. The van der Waals surface area contributed by atoms with Crippen LogP contribution in [0.1, 0.15) is 10.4 Å². The van der Waals surface area contributed by atoms with Crippen LogP contribution in [0.25, 0.3) is 0 Å². The van der Waals surface area contributed by atoms with E-state index in [1.807, 2.05) is 0 Å². The van der Waals surface area contributed by atoms with Crippen LogP contribution in [0.2, 0.25) is 0 Å². The number of carbonyl (C=O) groups is 1. The Balaban J connectivity index is 2.30. The molecule has 0 fully saturated rings. The second-order valence-corrected chi connectivity index (χ2v) is 5.61. The number of carbonyl (C=O) groups excluding carboxylic acids is 1. The monoisotopic (exact) mass is 401 g/mol. The molecule has 3 nitrogen and oxygen atoms in total. The van der Waals surface area contributed by atoms with Crippen molar-refractivity contribution in [1.29, 1.82) is 0 Å². The molecule has 2 aromatic carbocycles. The van der Waals surface area contributed by atoms with Crippen LogP contribution in [0.4, 0.5) is 10.1 Å². The van der Waals surface area contributed by atoms with E-state index in [-0.39, 0.29) is 10.0 Å². The van der Waals surface area contributed by atoms with Crippen molar-refractivity contribution in [3.8, 4) is 5.75 Å². The zero-order valence-corrected chi connectivity index (χ0v) is 13.6. The molecule has 0 heterocycles. The molecule has 0 spiro atoms. The molecular formula is C14H10Br2FNO2. The molecule has 0 aliphatic rings. The number of anilines is 1. The van der Waals surface area contributed by atoms with Gasteiger partial charge in [0.2, 0.25) is 0 Å². The van der Waals surface area contributed by atoms with Crippen molar-refractivity contribution < 1.29 is 13.9 Å². The van der Waals surface area contributed by atoms with Gasteiger partial charge in [-0.25, -0.2) is 4.39 Å². The highest BCUT2D eigenvalue weighted by molar-refractivity contribution is 9.10. The fourth-order valence-electron chi connectivity index (χ4n) is 1.60. The van der Waals surface area contributed by atoms with Crippen molar-refractivity contribution in [3.05, 3.63) is 56.7 Å². The van der Waals surface area contributed by atoms with Crippen molar-refractivity contribution in [2.24, 2.45) is 0 Å². The van der Waals surface area contributed by atoms with Crippen LogP contribution in [0, 0.1) is 5.82 Å². The third-order valence-corrected chi connectivity index (χ3v) is 3.92. The predicted octanol–water partition coefficient (Wildman–Crippen LogP) is 4.61. The van der Waals surface area contributed by atoms with Gasteiger partial charge in [-0.2, -0.15) is 0 Å². The number of benzene rings is 2. The molecule has 0 aliphatic carbocycles. The van der Waals surface area contributed by atoms with Gasteiger partial charge < -0.3 is 10.1 Å². The Hall–Kier alpha value is -1.40. The van der Waals surface area contributed by atoms with Gasteiger partial charge in [-0.3, -0.25) is 4.79 Å². The lowest BCUT2D eigenvalue weighted by Gasteiger charge is -2.10. The summed E-state index contributed by atoms with van der Waals surface area (Å²) in [5.74, 6) is -0.528. The molecule has 1 amide bonds. The van der Waals surface area contributed by atoms with Gasteiger partial charge in [0, 0.05) is 10.5 Å². The van der Waals surface area contributed by atoms with Gasteiger partial charge in [0.25, 0.3) is 5.91 Å². The van der Waals surface area contributed by atoms with Gasteiger partial charge in [-0.05, 0) is 56.1 Å². The number of hydrogen-bond acceptors (Lipinski definition) is 2. The quantitative estimate of drug-likeness (QED) is 0.813. The molecule has 104 valence electrons. The zero-order chi connectivity index (χ0) is 14.7. The number of nitrogens with one attached hydrogen (secondary N) is 1. The number of rotatable bonds is 3. The molecule has 0 aliphatic heterocycles. The van der Waals surface area contributed by atoms with Gasteiger partial charge in [0.05, 0.1) is 22.8 Å². The predicted molar refractivity (Wildman–Crippen MR) is 82.7 cm³/mol. The second-order valence-electron chi connectivity index (χ2n) is 3.90. The first kappa shape index (κ1) is 15.0. The molecule has 0 radical (unpaired) electrons. The van der Waals surface area contributed by atoms with Gasteiger partial charge in [-0.15, -0.1) is 0 Å². The minimum atomic E-state index is -0.594. The average Bonchev–Trinajstić information content (AvgIpc) is 2.44. The number of ether oxygens (including phenoxy) is 1. The summed E-state index contributed by atoms with van der Waals surface area (Å²) in [6.07, 6.45) is 0. The summed E-state index contributed by atoms with van der Waals surface area (Å²) in [6.45, 7) is 0. The van der Waals surface area contributed by atoms with Crippen LogP contribution >= 0.6 is 31.9 Å². The van der Waals surface area contributed by atoms with Crippen LogP contribution in [0.3, 0.4) is 0 Å². The highest BCUT2D eigenvalue weighted by atomic mass is 79.9. The van der Waals surface area contributed by atoms with Crippen LogP contribution in [0.15, 0.2) is 45.3 Å². The second kappa shape index (κ2) is 6.37. The van der Waals surface area contributed by atoms with E-state index < -0.39 is 11.7 Å². The minimum absolute atomic E-state index is 0.0332. The first-order valence-corrected chi connectivity index (χ1v) is 7.20. The molecular weight excluding hydrogens is 393 g/mol. The topological polar surface area (TPSA) is 38.3 Å². The molecule has 6 heteroatoms. The highest BCUT2D eigenvalue weighted by Crippen LogP contribution is 2.28. The van der Waals surface area contributed by atoms with Gasteiger partial charge in [-0.1, -0.05) is 6.07 Å². The van der Waals surface area contributed by atoms with Gasteiger partial charge in [0.1, 0.15) is 11.6 Å². The van der Waals surface area contributed by atoms with Crippen molar-refractivity contribution >= 4 is 43.5 Å². The third kappa shape index (κ3) is 3.19. The molecule has 1 N–H and O–H groups in total. The molecule has 0 bridgehead atoms. The standard InChI is InChI=1S/C14H10Br2FNO2/c1-20-8-5-6-10(15)12(7-8)18-14(19)9-3-2-4-11(16)13(9)17/h2-7H,1H3,(H,18,19). The van der Waals surface area contributed by atoms with Crippen LogP contribution < -0.4 is 10.1 Å². The molecule has 0 atom stereocenters. The fourth-order valence-corrected chi connectivity index (χ4v) is 2.31. The maximum absolute atomic E-state index is 13.9. The zero-order valence-electron chi connectivity index (χ0n) is 10.4. The van der Waals surface area contributed by atoms with E-state index in [1.54, 1.807) is 24.3 Å². The summed E-state index contributed by atoms with van der Waals surface area (Å²) in [6, 6.07) is 9.70. The summed E-state index contributed by atoms with van der Waals surface area (Å²) in [4.78, 5) is 12.1. The summed E-state index contributed by atoms with van der Waals surface area (Å²) in [5, 5.41) is 2.64. The summed E-state index contributed by atoms with van der Waals surface area (Å²) < 4.78 is 19.9. The molecule has 0 saturated carbocycles. The first-order chi connectivity index (χ1) is 9.52. The SMILES string of the molecule is COc1ccc(Br)c(NC(=O)c2cccc(Br)c2F)c1. The fraction of sp³-hybridized carbons (Fsp3) is 0.0714. The van der Waals surface area contributed by atoms with Crippen LogP contribution in [-0.4, -0.2) is 13.0 Å². The number of hydrogen-bond donors (Lipinski definition) is 1. The Bertz CT molecular complexity index is 662. The molecule has 0 saturated heterocycles. The number of halogens is 3. The summed E-state index contributed by atoms with van der Waals surface area (Å²) in [7, 11) is 1.53. The maximum atomic E-state index is 13.9. The Morgan fingerprint density at radius 2 is 1.95 bits per heavy atom. The van der Waals surface area contributed by atoms with Crippen molar-refractivity contribution in [1.82, 2.24) is 0 Å². The van der Waals surface area contributed by atoms with Crippen molar-refractivity contribution in [2.45, 2.75) is 0 Å². The van der Waals surface area contributed by atoms with E-state index in [0.717, 1.165) is 0 Å². The number of methoxy groups -OCH3 is 1. The van der Waals surface area contributed by atoms with Crippen molar-refractivity contribution in [2.75, 3.05) is 12.4 Å². The van der Waals surface area contributed by atoms with E-state index in [4.69, 9.17) is 4.74 Å². The van der Waals surface area contributed by atoms with E-state index in [9.17, 15) is 9.18 Å². The molecule has 20 heavy (non-hydrogen) atoms. The number of amides is 1. The normalized spacial score (nSPS) is 10.2. The van der Waals surface area contributed by atoms with Crippen LogP contribution in [-0.2, 0) is 0 Å². The Morgan fingerprint density at radius 3 is 2.65 bits per heavy atom. The lowest BCUT2D eigenvalue weighted by molar-refractivity contribution is 0.102. The van der Waals surface area contributed by atoms with E-state index in [2.05, 4.69) is 37.2 Å². The van der Waals surface area contributed by atoms with Gasteiger partial charge in [0.15, 0.2) is 0 Å². The molecule has 0 aromatic heterocycles. The van der Waals surface area contributed by atoms with E-state index in [1.165, 1.54) is 19.2 Å². The Kier molecular flexibility index (Phi) is 4.77. The third-order valence-electron chi connectivity index (χ3n) is 2.62. The molecule has 2 rings (SSSR count). The largest absolute Gasteiger partial charge is 0.497 e. The first-order valence-electron chi connectivity index (χ1n) is 5.62. The lowest BCUT2D eigenvalue weighted by Crippen LogP contribution is -2.14. The lowest BCUT2D eigenvalue weighted by atomic mass is 10.2. The van der Waals surface area contributed by atoms with Crippen LogP contribution in [0.5, 0.6) is 5.75 Å². The molecule has 2 aromatic rings.